The molecule has 2 nitrogen and oxygen atoms in total. The monoisotopic (exact) mass is 726 g/mol. The van der Waals surface area contributed by atoms with Crippen molar-refractivity contribution in [2.45, 2.75) is 258 Å². The topological polar surface area (TPSA) is 12.5 Å². The molecule has 0 saturated heterocycles. The molecule has 0 aliphatic rings. The molecule has 0 N–H and O–H groups in total. The minimum Gasteiger partial charge on any atom is -0.416 e. The quantitative estimate of drug-likeness (QED) is 0.0382. The molecule has 0 rings (SSSR count). The van der Waals surface area contributed by atoms with E-state index in [0.717, 1.165) is 18.9 Å². The Bertz CT molecular complexity index is 565. The Morgan fingerprint density at radius 2 is 0.633 bits per heavy atom. The molecule has 296 valence electrons. The maximum Gasteiger partial charge on any atom is 0.192 e. The van der Waals surface area contributed by atoms with Crippen molar-refractivity contribution in [2.24, 2.45) is 0 Å². The van der Waals surface area contributed by atoms with Crippen molar-refractivity contribution in [2.75, 3.05) is 32.0 Å². The zero-order valence-corrected chi connectivity index (χ0v) is 36.7. The lowest BCUT2D eigenvalue weighted by atomic mass is 10.1. The number of unbranched alkanes of at least 4 members (excludes halogenated alkanes) is 28. The van der Waals surface area contributed by atoms with Crippen molar-refractivity contribution < 1.29 is 4.43 Å². The van der Waals surface area contributed by atoms with Gasteiger partial charge in [0.15, 0.2) is 8.32 Å². The van der Waals surface area contributed by atoms with Crippen LogP contribution < -0.4 is 0 Å². The summed E-state index contributed by atoms with van der Waals surface area (Å²) >= 11 is 4.69. The molecule has 0 unspecified atom stereocenters. The second-order valence-corrected chi connectivity index (χ2v) is 20.7. The number of rotatable bonds is 43. The summed E-state index contributed by atoms with van der Waals surface area (Å²) in [7, 11) is -1.73. The second kappa shape index (κ2) is 41.2. The van der Waals surface area contributed by atoms with E-state index in [2.05, 4.69) is 45.2 Å². The fraction of sp³-hybridized carbons (Fsp3) is 1.00. The van der Waals surface area contributed by atoms with E-state index in [4.69, 9.17) is 4.43 Å². The largest absolute Gasteiger partial charge is 0.416 e. The van der Waals surface area contributed by atoms with E-state index in [1.54, 1.807) is 0 Å². The van der Waals surface area contributed by atoms with Gasteiger partial charge in [-0.05, 0) is 56.2 Å². The summed E-state index contributed by atoms with van der Waals surface area (Å²) in [5, 5.41) is 0. The van der Waals surface area contributed by atoms with Crippen molar-refractivity contribution in [3.63, 3.8) is 0 Å². The summed E-state index contributed by atoms with van der Waals surface area (Å²) in [4.78, 5) is 2.82. The summed E-state index contributed by atoms with van der Waals surface area (Å²) in [6.45, 7) is 14.0. The van der Waals surface area contributed by atoms with Crippen molar-refractivity contribution >= 4 is 20.9 Å². The standard InChI is InChI=1S/C45H95NOSSi/c1-5-9-13-17-21-23-25-27-29-33-38-46(39-34-30-28-26-24-22-18-14-10-6-2)40-41-47-49(45-37-42-48,43-35-31-19-15-11-7-3)44-36-32-20-16-12-8-4/h48H,5-45H2,1-4H3. The van der Waals surface area contributed by atoms with Gasteiger partial charge in [-0.1, -0.05) is 220 Å². The number of hydrogen-bond donors (Lipinski definition) is 1. The first-order valence-electron chi connectivity index (χ1n) is 23.1. The predicted molar refractivity (Wildman–Crippen MR) is 231 cm³/mol. The lowest BCUT2D eigenvalue weighted by Gasteiger charge is -2.33. The van der Waals surface area contributed by atoms with Gasteiger partial charge in [-0.2, -0.15) is 12.6 Å². The maximum atomic E-state index is 7.28. The summed E-state index contributed by atoms with van der Waals surface area (Å²) < 4.78 is 7.28. The van der Waals surface area contributed by atoms with Crippen molar-refractivity contribution in [1.29, 1.82) is 0 Å². The van der Waals surface area contributed by atoms with Gasteiger partial charge in [-0.25, -0.2) is 0 Å². The molecule has 0 aromatic heterocycles. The van der Waals surface area contributed by atoms with Crippen LogP contribution in [0.25, 0.3) is 0 Å². The Labute approximate surface area is 318 Å². The molecule has 0 aromatic rings. The molecule has 0 saturated carbocycles. The van der Waals surface area contributed by atoms with Gasteiger partial charge in [0.2, 0.25) is 0 Å². The molecule has 0 aliphatic heterocycles. The molecule has 0 fully saturated rings. The highest BCUT2D eigenvalue weighted by Gasteiger charge is 2.33. The van der Waals surface area contributed by atoms with Crippen LogP contribution in [0.2, 0.25) is 18.1 Å². The first kappa shape index (κ1) is 49.5. The average Bonchev–Trinajstić information content (AvgIpc) is 3.11. The number of thiol groups is 1. The molecule has 0 spiro atoms. The molecule has 4 heteroatoms. The predicted octanol–water partition coefficient (Wildman–Crippen LogP) is 16.1. The molecule has 0 amide bonds. The van der Waals surface area contributed by atoms with Gasteiger partial charge in [-0.15, -0.1) is 0 Å². The minimum absolute atomic E-state index is 0.986. The van der Waals surface area contributed by atoms with Crippen LogP contribution in [0.3, 0.4) is 0 Å². The molecule has 0 atom stereocenters. The van der Waals surface area contributed by atoms with Gasteiger partial charge in [0.1, 0.15) is 0 Å². The van der Waals surface area contributed by atoms with E-state index in [9.17, 15) is 0 Å². The van der Waals surface area contributed by atoms with Gasteiger partial charge in [0.05, 0.1) is 0 Å². The van der Waals surface area contributed by atoms with Crippen LogP contribution in [0.1, 0.15) is 240 Å². The minimum atomic E-state index is -1.73. The third kappa shape index (κ3) is 35.3. The van der Waals surface area contributed by atoms with E-state index in [1.807, 2.05) is 0 Å². The SMILES string of the molecule is CCCCCCCCCCCCN(CCCCCCCCCCCC)CCO[Si](CCCS)(CCCCCCCC)CCCCCCCC. The van der Waals surface area contributed by atoms with Crippen LogP contribution in [0.15, 0.2) is 0 Å². The fourth-order valence-electron chi connectivity index (χ4n) is 7.82. The highest BCUT2D eigenvalue weighted by atomic mass is 32.1. The Morgan fingerprint density at radius 1 is 0.347 bits per heavy atom. The van der Waals surface area contributed by atoms with Gasteiger partial charge in [0, 0.05) is 13.2 Å². The van der Waals surface area contributed by atoms with Gasteiger partial charge in [0.25, 0.3) is 0 Å². The summed E-state index contributed by atoms with van der Waals surface area (Å²) in [5.41, 5.74) is 0. The van der Waals surface area contributed by atoms with Gasteiger partial charge >= 0.3 is 0 Å². The molecule has 0 bridgehead atoms. The number of hydrogen-bond acceptors (Lipinski definition) is 3. The fourth-order valence-corrected chi connectivity index (χ4v) is 12.6. The first-order chi connectivity index (χ1) is 24.2. The second-order valence-electron chi connectivity index (χ2n) is 16.1. The molecule has 49 heavy (non-hydrogen) atoms. The Hall–Kier alpha value is 0.487. The van der Waals surface area contributed by atoms with Crippen LogP contribution >= 0.6 is 12.6 Å². The third-order valence-electron chi connectivity index (χ3n) is 11.2. The molecule has 0 aromatic carbocycles. The smallest absolute Gasteiger partial charge is 0.192 e. The molecular weight excluding hydrogens is 631 g/mol. The highest BCUT2D eigenvalue weighted by Crippen LogP contribution is 2.30. The zero-order chi connectivity index (χ0) is 35.8. The first-order valence-corrected chi connectivity index (χ1v) is 26.3. The van der Waals surface area contributed by atoms with Crippen LogP contribution in [0.5, 0.6) is 0 Å². The summed E-state index contributed by atoms with van der Waals surface area (Å²) in [5.74, 6) is 1.02. The van der Waals surface area contributed by atoms with E-state index in [-0.39, 0.29) is 0 Å². The van der Waals surface area contributed by atoms with E-state index in [0.29, 0.717) is 0 Å². The summed E-state index contributed by atoms with van der Waals surface area (Å²) in [6, 6.07) is 4.15. The zero-order valence-electron chi connectivity index (χ0n) is 34.8. The average molecular weight is 726 g/mol. The molecule has 0 aliphatic carbocycles. The lowest BCUT2D eigenvalue weighted by molar-refractivity contribution is 0.194. The van der Waals surface area contributed by atoms with Gasteiger partial charge in [-0.3, -0.25) is 0 Å². The lowest BCUT2D eigenvalue weighted by Crippen LogP contribution is -2.41. The van der Waals surface area contributed by atoms with E-state index >= 15 is 0 Å². The van der Waals surface area contributed by atoms with E-state index in [1.165, 1.54) is 243 Å². The normalized spacial score (nSPS) is 12.1. The van der Waals surface area contributed by atoms with Crippen LogP contribution in [0.4, 0.5) is 0 Å². The highest BCUT2D eigenvalue weighted by molar-refractivity contribution is 7.80. The molecule has 0 heterocycles. The van der Waals surface area contributed by atoms with E-state index < -0.39 is 8.32 Å². The Balaban J connectivity index is 4.99. The maximum absolute atomic E-state index is 7.28. The molecule has 0 radical (unpaired) electrons. The summed E-state index contributed by atoms with van der Waals surface area (Å²) in [6.07, 6.45) is 46.6. The Morgan fingerprint density at radius 3 is 0.959 bits per heavy atom. The Kier molecular flexibility index (Phi) is 41.7. The van der Waals surface area contributed by atoms with Crippen molar-refractivity contribution in [3.8, 4) is 0 Å². The number of nitrogens with zero attached hydrogens (tertiary/aromatic N) is 1. The van der Waals surface area contributed by atoms with Gasteiger partial charge < -0.3 is 9.33 Å². The third-order valence-corrected chi connectivity index (χ3v) is 16.2. The molecular formula is C45H95NOSSi. The van der Waals surface area contributed by atoms with Crippen LogP contribution in [-0.4, -0.2) is 45.2 Å². The van der Waals surface area contributed by atoms with Crippen LogP contribution in [-0.2, 0) is 4.43 Å². The van der Waals surface area contributed by atoms with Crippen LogP contribution in [0, 0.1) is 0 Å². The van der Waals surface area contributed by atoms with Crippen molar-refractivity contribution in [1.82, 2.24) is 4.90 Å². The van der Waals surface area contributed by atoms with Crippen molar-refractivity contribution in [3.05, 3.63) is 0 Å².